The first-order chi connectivity index (χ1) is 7.24. The molecule has 0 aromatic carbocycles. The first-order valence-corrected chi connectivity index (χ1v) is 7.00. The lowest BCUT2D eigenvalue weighted by Crippen LogP contribution is -2.42. The lowest BCUT2D eigenvalue weighted by atomic mass is 10.0. The lowest BCUT2D eigenvalue weighted by molar-refractivity contribution is 0.118. The van der Waals surface area contributed by atoms with Gasteiger partial charge in [-0.25, -0.2) is 0 Å². The highest BCUT2D eigenvalue weighted by Gasteiger charge is 2.21. The molecule has 0 heterocycles. The summed E-state index contributed by atoms with van der Waals surface area (Å²) >= 11 is 0. The molecule has 15 heavy (non-hydrogen) atoms. The molecule has 0 amide bonds. The highest BCUT2D eigenvalue weighted by molar-refractivity contribution is 4.76. The van der Waals surface area contributed by atoms with Crippen molar-refractivity contribution in [2.45, 2.75) is 85.2 Å². The fourth-order valence-electron chi connectivity index (χ4n) is 2.69. The highest BCUT2D eigenvalue weighted by atomic mass is 15.2. The quantitative estimate of drug-likeness (QED) is 0.546. The molecule has 0 aliphatic heterocycles. The zero-order chi connectivity index (χ0) is 11.7. The van der Waals surface area contributed by atoms with E-state index in [-0.39, 0.29) is 0 Å². The van der Waals surface area contributed by atoms with Crippen LogP contribution < -0.4 is 0 Å². The predicted molar refractivity (Wildman–Crippen MR) is 70.4 cm³/mol. The second kappa shape index (κ2) is 9.21. The number of rotatable bonds is 9. The molecule has 0 aromatic heterocycles. The first kappa shape index (κ1) is 15.0. The SMILES string of the molecule is CCCC(CC)N(CC)C(CC)CCC. The van der Waals surface area contributed by atoms with Gasteiger partial charge in [0.25, 0.3) is 0 Å². The van der Waals surface area contributed by atoms with Gasteiger partial charge in [-0.3, -0.25) is 4.90 Å². The zero-order valence-corrected chi connectivity index (χ0v) is 11.6. The van der Waals surface area contributed by atoms with Crippen LogP contribution in [0.1, 0.15) is 73.1 Å². The summed E-state index contributed by atoms with van der Waals surface area (Å²) < 4.78 is 0. The Morgan fingerprint density at radius 1 is 0.733 bits per heavy atom. The van der Waals surface area contributed by atoms with Crippen molar-refractivity contribution in [1.29, 1.82) is 0 Å². The Morgan fingerprint density at radius 3 is 1.33 bits per heavy atom. The topological polar surface area (TPSA) is 3.24 Å². The van der Waals surface area contributed by atoms with E-state index in [1.807, 2.05) is 0 Å². The maximum Gasteiger partial charge on any atom is 0.00953 e. The average Bonchev–Trinajstić information content (AvgIpc) is 2.27. The van der Waals surface area contributed by atoms with Crippen LogP contribution in [0.3, 0.4) is 0 Å². The van der Waals surface area contributed by atoms with Crippen LogP contribution in [0.25, 0.3) is 0 Å². The summed E-state index contributed by atoms with van der Waals surface area (Å²) in [5.41, 5.74) is 0. The van der Waals surface area contributed by atoms with Gasteiger partial charge in [-0.2, -0.15) is 0 Å². The van der Waals surface area contributed by atoms with E-state index >= 15 is 0 Å². The minimum absolute atomic E-state index is 0.816. The van der Waals surface area contributed by atoms with Crippen LogP contribution >= 0.6 is 0 Å². The van der Waals surface area contributed by atoms with Gasteiger partial charge in [0.15, 0.2) is 0 Å². The zero-order valence-electron chi connectivity index (χ0n) is 11.6. The summed E-state index contributed by atoms with van der Waals surface area (Å²) in [6.07, 6.45) is 7.98. The number of hydrogen-bond acceptors (Lipinski definition) is 1. The van der Waals surface area contributed by atoms with Gasteiger partial charge in [0.1, 0.15) is 0 Å². The van der Waals surface area contributed by atoms with E-state index in [0.29, 0.717) is 0 Å². The van der Waals surface area contributed by atoms with Crippen molar-refractivity contribution in [1.82, 2.24) is 4.90 Å². The number of hydrogen-bond donors (Lipinski definition) is 0. The fourth-order valence-corrected chi connectivity index (χ4v) is 2.69. The van der Waals surface area contributed by atoms with Gasteiger partial charge < -0.3 is 0 Å². The summed E-state index contributed by atoms with van der Waals surface area (Å²) in [7, 11) is 0. The first-order valence-electron chi connectivity index (χ1n) is 7.00. The van der Waals surface area contributed by atoms with Crippen LogP contribution in [0.15, 0.2) is 0 Å². The molecule has 0 saturated carbocycles. The molecule has 0 rings (SSSR count). The normalized spacial score (nSPS) is 15.6. The third kappa shape index (κ3) is 5.01. The minimum Gasteiger partial charge on any atom is -0.298 e. The van der Waals surface area contributed by atoms with Crippen molar-refractivity contribution < 1.29 is 0 Å². The molecule has 1 nitrogen and oxygen atoms in total. The summed E-state index contributed by atoms with van der Waals surface area (Å²) in [4.78, 5) is 2.74. The van der Waals surface area contributed by atoms with Crippen molar-refractivity contribution in [3.63, 3.8) is 0 Å². The molecule has 0 saturated heterocycles. The minimum atomic E-state index is 0.816. The van der Waals surface area contributed by atoms with E-state index in [0.717, 1.165) is 12.1 Å². The van der Waals surface area contributed by atoms with Crippen LogP contribution in [-0.2, 0) is 0 Å². The third-order valence-corrected chi connectivity index (χ3v) is 3.49. The Kier molecular flexibility index (Phi) is 9.18. The molecule has 0 spiro atoms. The van der Waals surface area contributed by atoms with Gasteiger partial charge in [0.2, 0.25) is 0 Å². The smallest absolute Gasteiger partial charge is 0.00953 e. The summed E-state index contributed by atoms with van der Waals surface area (Å²) in [6, 6.07) is 1.63. The predicted octanol–water partition coefficient (Wildman–Crippen LogP) is 4.47. The van der Waals surface area contributed by atoms with Crippen molar-refractivity contribution in [2.24, 2.45) is 0 Å². The maximum atomic E-state index is 2.74. The molecule has 0 N–H and O–H groups in total. The third-order valence-electron chi connectivity index (χ3n) is 3.49. The van der Waals surface area contributed by atoms with Gasteiger partial charge in [0.05, 0.1) is 0 Å². The van der Waals surface area contributed by atoms with Crippen molar-refractivity contribution in [2.75, 3.05) is 6.54 Å². The fraction of sp³-hybridized carbons (Fsp3) is 1.00. The molecule has 0 aliphatic carbocycles. The second-order valence-corrected chi connectivity index (χ2v) is 4.53. The molecule has 0 bridgehead atoms. The van der Waals surface area contributed by atoms with E-state index in [4.69, 9.17) is 0 Å². The van der Waals surface area contributed by atoms with Gasteiger partial charge in [-0.15, -0.1) is 0 Å². The average molecular weight is 213 g/mol. The molecular formula is C14H31N. The summed E-state index contributed by atoms with van der Waals surface area (Å²) in [6.45, 7) is 12.8. The molecule has 0 aliphatic rings. The maximum absolute atomic E-state index is 2.74. The van der Waals surface area contributed by atoms with Gasteiger partial charge in [0, 0.05) is 12.1 Å². The highest BCUT2D eigenvalue weighted by Crippen LogP contribution is 2.19. The van der Waals surface area contributed by atoms with E-state index < -0.39 is 0 Å². The van der Waals surface area contributed by atoms with Gasteiger partial charge in [-0.1, -0.05) is 47.5 Å². The molecular weight excluding hydrogens is 182 g/mol. The lowest BCUT2D eigenvalue weighted by Gasteiger charge is -2.36. The summed E-state index contributed by atoms with van der Waals surface area (Å²) in [5, 5.41) is 0. The van der Waals surface area contributed by atoms with Crippen molar-refractivity contribution in [3.8, 4) is 0 Å². The van der Waals surface area contributed by atoms with Gasteiger partial charge >= 0.3 is 0 Å². The monoisotopic (exact) mass is 213 g/mol. The van der Waals surface area contributed by atoms with Crippen molar-refractivity contribution in [3.05, 3.63) is 0 Å². The van der Waals surface area contributed by atoms with E-state index in [2.05, 4.69) is 39.5 Å². The van der Waals surface area contributed by atoms with Gasteiger partial charge in [-0.05, 0) is 32.2 Å². The Labute approximate surface area is 97.2 Å². The molecule has 92 valence electrons. The Balaban J connectivity index is 4.37. The Hall–Kier alpha value is -0.0400. The van der Waals surface area contributed by atoms with Crippen LogP contribution in [0.2, 0.25) is 0 Å². The largest absolute Gasteiger partial charge is 0.298 e. The van der Waals surface area contributed by atoms with E-state index in [1.165, 1.54) is 45.1 Å². The van der Waals surface area contributed by atoms with Crippen molar-refractivity contribution >= 4 is 0 Å². The van der Waals surface area contributed by atoms with Crippen LogP contribution in [-0.4, -0.2) is 23.5 Å². The molecule has 2 atom stereocenters. The molecule has 0 fully saturated rings. The summed E-state index contributed by atoms with van der Waals surface area (Å²) in [5.74, 6) is 0. The van der Waals surface area contributed by atoms with E-state index in [9.17, 15) is 0 Å². The molecule has 0 radical (unpaired) electrons. The molecule has 0 aromatic rings. The molecule has 1 heteroatoms. The Bertz CT molecular complexity index is 119. The van der Waals surface area contributed by atoms with Crippen LogP contribution in [0, 0.1) is 0 Å². The molecule has 2 unspecified atom stereocenters. The van der Waals surface area contributed by atoms with Crippen LogP contribution in [0.4, 0.5) is 0 Å². The van der Waals surface area contributed by atoms with E-state index in [1.54, 1.807) is 0 Å². The van der Waals surface area contributed by atoms with Crippen LogP contribution in [0.5, 0.6) is 0 Å². The Morgan fingerprint density at radius 2 is 1.13 bits per heavy atom. The number of nitrogens with zero attached hydrogens (tertiary/aromatic N) is 1. The standard InChI is InChI=1S/C14H31N/c1-6-11-13(8-3)15(10-5)14(9-4)12-7-2/h13-14H,6-12H2,1-5H3. The second-order valence-electron chi connectivity index (χ2n) is 4.53.